The maximum Gasteiger partial charge on any atom is 0.221 e. The predicted octanol–water partition coefficient (Wildman–Crippen LogP) is 3.94. The molecule has 188 valence electrons. The van der Waals surface area contributed by atoms with E-state index < -0.39 is 0 Å². The summed E-state index contributed by atoms with van der Waals surface area (Å²) in [6, 6.07) is 17.8. The summed E-state index contributed by atoms with van der Waals surface area (Å²) in [6.07, 6.45) is 4.75. The molecule has 0 bridgehead atoms. The molecule has 2 aromatic heterocycles. The molecule has 0 radical (unpaired) electrons. The zero-order valence-corrected chi connectivity index (χ0v) is 20.9. The van der Waals surface area contributed by atoms with E-state index in [1.807, 2.05) is 42.5 Å². The molecular formula is C27H31N5O4. The molecule has 0 fully saturated rings. The van der Waals surface area contributed by atoms with Crippen LogP contribution in [-0.4, -0.2) is 43.4 Å². The molecule has 4 N–H and O–H groups in total. The van der Waals surface area contributed by atoms with Crippen LogP contribution in [0.4, 0.5) is 11.8 Å². The number of nitrogens with zero attached hydrogens (tertiary/aromatic N) is 3. The first-order valence-electron chi connectivity index (χ1n) is 11.2. The Bertz CT molecular complexity index is 1240. The molecule has 0 saturated carbocycles. The van der Waals surface area contributed by atoms with Crippen LogP contribution in [-0.2, 0) is 12.8 Å². The number of anilines is 2. The highest BCUT2D eigenvalue weighted by molar-refractivity contribution is 5.55. The van der Waals surface area contributed by atoms with Crippen LogP contribution in [0.15, 0.2) is 67.0 Å². The van der Waals surface area contributed by atoms with Crippen molar-refractivity contribution in [3.8, 4) is 23.0 Å². The van der Waals surface area contributed by atoms with Gasteiger partial charge in [-0.3, -0.25) is 4.98 Å². The maximum atomic E-state index is 5.85. The molecule has 9 nitrogen and oxygen atoms in total. The maximum absolute atomic E-state index is 5.85. The van der Waals surface area contributed by atoms with E-state index in [0.29, 0.717) is 29.5 Å². The van der Waals surface area contributed by atoms with Crippen LogP contribution < -0.4 is 30.4 Å². The van der Waals surface area contributed by atoms with E-state index in [1.165, 1.54) is 5.56 Å². The average Bonchev–Trinajstić information content (AvgIpc) is 2.91. The molecule has 0 aliphatic rings. The van der Waals surface area contributed by atoms with Crippen molar-refractivity contribution in [1.29, 1.82) is 0 Å². The lowest BCUT2D eigenvalue weighted by atomic mass is 10.1. The summed E-state index contributed by atoms with van der Waals surface area (Å²) < 4.78 is 21.2. The molecule has 2 heterocycles. The fourth-order valence-electron chi connectivity index (χ4n) is 3.56. The molecule has 9 heteroatoms. The number of nitrogen functional groups attached to an aromatic ring is 2. The van der Waals surface area contributed by atoms with Gasteiger partial charge in [-0.05, 0) is 35.4 Å². The number of aromatic nitrogens is 3. The molecule has 4 aromatic rings. The highest BCUT2D eigenvalue weighted by Gasteiger charge is 2.14. The molecule has 4 rings (SSSR count). The summed E-state index contributed by atoms with van der Waals surface area (Å²) in [4.78, 5) is 12.2. The van der Waals surface area contributed by atoms with Gasteiger partial charge in [0.1, 0.15) is 11.6 Å². The van der Waals surface area contributed by atoms with Gasteiger partial charge in [0, 0.05) is 30.8 Å². The Morgan fingerprint density at radius 2 is 1.36 bits per heavy atom. The molecule has 0 spiro atoms. The topological polar surface area (TPSA) is 128 Å². The molecule has 2 aromatic carbocycles. The third-order valence-electron chi connectivity index (χ3n) is 5.32. The smallest absolute Gasteiger partial charge is 0.221 e. The summed E-state index contributed by atoms with van der Waals surface area (Å²) in [5.41, 5.74) is 15.3. The van der Waals surface area contributed by atoms with Crippen molar-refractivity contribution in [3.63, 3.8) is 0 Å². The lowest BCUT2D eigenvalue weighted by Gasteiger charge is -2.14. The molecule has 36 heavy (non-hydrogen) atoms. The van der Waals surface area contributed by atoms with Gasteiger partial charge < -0.3 is 30.4 Å². The fraction of sp³-hybridized carbons (Fsp3) is 0.222. The van der Waals surface area contributed by atoms with Gasteiger partial charge in [0.15, 0.2) is 11.5 Å². The minimum atomic E-state index is 0.154. The Balaban J connectivity index is 0.000000212. The van der Waals surface area contributed by atoms with E-state index >= 15 is 0 Å². The highest BCUT2D eigenvalue weighted by atomic mass is 16.5. The van der Waals surface area contributed by atoms with Gasteiger partial charge in [0.25, 0.3) is 0 Å². The van der Waals surface area contributed by atoms with E-state index in [9.17, 15) is 0 Å². The predicted molar refractivity (Wildman–Crippen MR) is 140 cm³/mol. The summed E-state index contributed by atoms with van der Waals surface area (Å²) >= 11 is 0. The zero-order chi connectivity index (χ0) is 25.9. The number of pyridine rings is 1. The first-order valence-corrected chi connectivity index (χ1v) is 11.2. The number of rotatable bonds is 8. The van der Waals surface area contributed by atoms with E-state index in [2.05, 4.69) is 27.1 Å². The Morgan fingerprint density at radius 3 is 1.94 bits per heavy atom. The molecule has 0 atom stereocenters. The molecule has 0 saturated heterocycles. The van der Waals surface area contributed by atoms with Crippen molar-refractivity contribution >= 4 is 11.8 Å². The number of benzene rings is 2. The molecule has 0 aliphatic heterocycles. The Morgan fingerprint density at radius 1 is 0.694 bits per heavy atom. The lowest BCUT2D eigenvalue weighted by molar-refractivity contribution is 0.324. The van der Waals surface area contributed by atoms with Gasteiger partial charge in [0.05, 0.1) is 34.1 Å². The molecule has 0 amide bonds. The van der Waals surface area contributed by atoms with Crippen molar-refractivity contribution in [3.05, 3.63) is 89.4 Å². The van der Waals surface area contributed by atoms with Crippen LogP contribution in [0.5, 0.6) is 23.0 Å². The van der Waals surface area contributed by atoms with Gasteiger partial charge in [-0.1, -0.05) is 30.3 Å². The van der Waals surface area contributed by atoms with Crippen molar-refractivity contribution in [1.82, 2.24) is 15.0 Å². The SMILES string of the molecule is COc1cc(Cc2cnc(N)nc2N)cc(OC)c1OC.COc1cccnc1Cc1ccccc1. The number of hydrogen-bond donors (Lipinski definition) is 2. The summed E-state index contributed by atoms with van der Waals surface area (Å²) in [5, 5.41) is 0. The van der Waals surface area contributed by atoms with Crippen LogP contribution in [0.25, 0.3) is 0 Å². The normalized spacial score (nSPS) is 10.1. The van der Waals surface area contributed by atoms with Crippen LogP contribution in [0.3, 0.4) is 0 Å². The summed E-state index contributed by atoms with van der Waals surface area (Å²) in [6.45, 7) is 0. The van der Waals surface area contributed by atoms with E-state index in [4.69, 9.17) is 30.4 Å². The minimum absolute atomic E-state index is 0.154. The van der Waals surface area contributed by atoms with Crippen molar-refractivity contribution in [2.75, 3.05) is 39.9 Å². The monoisotopic (exact) mass is 489 g/mol. The standard InChI is InChI=1S/C14H18N4O3.C13H13NO/c1-19-10-5-8(6-11(20-2)12(10)21-3)4-9-7-17-14(16)18-13(9)15;1-15-13-8-5-9-14-12(13)10-11-6-3-2-4-7-11/h5-7H,4H2,1-3H3,(H4,15,16,17,18);2-9H,10H2,1H3. The van der Waals surface area contributed by atoms with E-state index in [-0.39, 0.29) is 5.95 Å². The van der Waals surface area contributed by atoms with Crippen LogP contribution >= 0.6 is 0 Å². The number of nitrogens with two attached hydrogens (primary N) is 2. The van der Waals surface area contributed by atoms with Crippen molar-refractivity contribution in [2.45, 2.75) is 12.8 Å². The highest BCUT2D eigenvalue weighted by Crippen LogP contribution is 2.38. The van der Waals surface area contributed by atoms with Gasteiger partial charge >= 0.3 is 0 Å². The zero-order valence-electron chi connectivity index (χ0n) is 20.9. The third-order valence-corrected chi connectivity index (χ3v) is 5.32. The number of methoxy groups -OCH3 is 4. The summed E-state index contributed by atoms with van der Waals surface area (Å²) in [7, 11) is 6.38. The Labute approximate surface area is 211 Å². The van der Waals surface area contributed by atoms with Crippen LogP contribution in [0.2, 0.25) is 0 Å². The Hall–Kier alpha value is -4.53. The second-order valence-electron chi connectivity index (χ2n) is 7.66. The van der Waals surface area contributed by atoms with Crippen LogP contribution in [0.1, 0.15) is 22.4 Å². The van der Waals surface area contributed by atoms with E-state index in [0.717, 1.165) is 29.0 Å². The van der Waals surface area contributed by atoms with Crippen molar-refractivity contribution in [2.24, 2.45) is 0 Å². The van der Waals surface area contributed by atoms with E-state index in [1.54, 1.807) is 40.8 Å². The first kappa shape index (κ1) is 26.1. The quantitative estimate of drug-likeness (QED) is 0.378. The largest absolute Gasteiger partial charge is 0.495 e. The Kier molecular flexibility index (Phi) is 9.27. The van der Waals surface area contributed by atoms with Gasteiger partial charge in [0.2, 0.25) is 11.7 Å². The lowest BCUT2D eigenvalue weighted by Crippen LogP contribution is -2.04. The van der Waals surface area contributed by atoms with Gasteiger partial charge in [-0.25, -0.2) is 4.98 Å². The summed E-state index contributed by atoms with van der Waals surface area (Å²) in [5.74, 6) is 3.08. The molecular weight excluding hydrogens is 458 g/mol. The van der Waals surface area contributed by atoms with Gasteiger partial charge in [-0.15, -0.1) is 0 Å². The third kappa shape index (κ3) is 6.75. The first-order chi connectivity index (χ1) is 17.5. The average molecular weight is 490 g/mol. The second-order valence-corrected chi connectivity index (χ2v) is 7.66. The molecule has 0 aliphatic carbocycles. The number of ether oxygens (including phenoxy) is 4. The van der Waals surface area contributed by atoms with Crippen molar-refractivity contribution < 1.29 is 18.9 Å². The number of hydrogen-bond acceptors (Lipinski definition) is 9. The van der Waals surface area contributed by atoms with Gasteiger partial charge in [-0.2, -0.15) is 4.98 Å². The van der Waals surface area contributed by atoms with Crippen LogP contribution in [0, 0.1) is 0 Å². The minimum Gasteiger partial charge on any atom is -0.495 e. The molecule has 0 unspecified atom stereocenters. The second kappa shape index (κ2) is 12.8. The fourth-order valence-corrected chi connectivity index (χ4v) is 3.56.